The fraction of sp³-hybridized carbons (Fsp3) is 0.375. The lowest BCUT2D eigenvalue weighted by Crippen LogP contribution is -2.43. The summed E-state index contributed by atoms with van der Waals surface area (Å²) >= 11 is 0. The summed E-state index contributed by atoms with van der Waals surface area (Å²) in [6, 6.07) is 1.18. The maximum Gasteiger partial charge on any atom is 0.255 e. The van der Waals surface area contributed by atoms with Crippen molar-refractivity contribution in [2.45, 2.75) is 19.4 Å². The topological polar surface area (TPSA) is 92.9 Å². The summed E-state index contributed by atoms with van der Waals surface area (Å²) in [6.07, 6.45) is 3.73. The van der Waals surface area contributed by atoms with Crippen LogP contribution in [0.25, 0.3) is 0 Å². The lowest BCUT2D eigenvalue weighted by Gasteiger charge is -2.10. The number of anilines is 1. The van der Waals surface area contributed by atoms with E-state index in [1.165, 1.54) is 0 Å². The van der Waals surface area contributed by atoms with Crippen LogP contribution in [0, 0.1) is 0 Å². The zero-order chi connectivity index (χ0) is 10.4. The van der Waals surface area contributed by atoms with Crippen molar-refractivity contribution in [1.82, 2.24) is 15.4 Å². The van der Waals surface area contributed by atoms with Gasteiger partial charge in [0.2, 0.25) is 5.95 Å². The van der Waals surface area contributed by atoms with Gasteiger partial charge in [0.1, 0.15) is 0 Å². The molecule has 1 amide bonds. The quantitative estimate of drug-likeness (QED) is 0.638. The van der Waals surface area contributed by atoms with Gasteiger partial charge in [-0.1, -0.05) is 6.92 Å². The van der Waals surface area contributed by atoms with Gasteiger partial charge in [0, 0.05) is 12.4 Å². The third-order valence-electron chi connectivity index (χ3n) is 1.64. The SMILES string of the molecule is CCC(N)C(=O)NNc1ncccn1.Cl. The molecule has 0 saturated carbocycles. The Hall–Kier alpha value is -1.40. The van der Waals surface area contributed by atoms with Crippen molar-refractivity contribution in [3.05, 3.63) is 18.5 Å². The van der Waals surface area contributed by atoms with Gasteiger partial charge in [0.25, 0.3) is 5.91 Å². The number of nitrogens with zero attached hydrogens (tertiary/aromatic N) is 2. The summed E-state index contributed by atoms with van der Waals surface area (Å²) in [5.74, 6) is 0.0594. The molecule has 6 nitrogen and oxygen atoms in total. The van der Waals surface area contributed by atoms with Crippen LogP contribution in [0.3, 0.4) is 0 Å². The summed E-state index contributed by atoms with van der Waals surface area (Å²) in [5.41, 5.74) is 10.5. The average molecular weight is 232 g/mol. The molecule has 0 aliphatic heterocycles. The Bertz CT molecular complexity index is 294. The monoisotopic (exact) mass is 231 g/mol. The van der Waals surface area contributed by atoms with Gasteiger partial charge >= 0.3 is 0 Å². The minimum absolute atomic E-state index is 0. The highest BCUT2D eigenvalue weighted by Crippen LogP contribution is 1.91. The van der Waals surface area contributed by atoms with E-state index in [1.54, 1.807) is 18.5 Å². The van der Waals surface area contributed by atoms with Crippen LogP contribution in [0.2, 0.25) is 0 Å². The standard InChI is InChI=1S/C8H13N5O.ClH/c1-2-6(9)7(14)12-13-8-10-4-3-5-11-8;/h3-6H,2,9H2,1H3,(H,12,14)(H,10,11,13);1H. The molecule has 1 rings (SSSR count). The molecule has 0 aliphatic carbocycles. The molecule has 0 aromatic carbocycles. The largest absolute Gasteiger partial charge is 0.320 e. The minimum atomic E-state index is -0.508. The third kappa shape index (κ3) is 4.57. The maximum atomic E-state index is 11.2. The highest BCUT2D eigenvalue weighted by molar-refractivity contribution is 5.85. The Morgan fingerprint density at radius 2 is 2.13 bits per heavy atom. The number of nitrogens with two attached hydrogens (primary N) is 1. The summed E-state index contributed by atoms with van der Waals surface area (Å²) in [7, 11) is 0. The lowest BCUT2D eigenvalue weighted by atomic mass is 10.2. The van der Waals surface area contributed by atoms with Crippen LogP contribution in [0.5, 0.6) is 0 Å². The van der Waals surface area contributed by atoms with Gasteiger partial charge in [-0.2, -0.15) is 0 Å². The number of hydrogen-bond acceptors (Lipinski definition) is 5. The molecule has 1 aromatic rings. The molecule has 1 unspecified atom stereocenters. The van der Waals surface area contributed by atoms with E-state index < -0.39 is 6.04 Å². The van der Waals surface area contributed by atoms with E-state index in [0.29, 0.717) is 12.4 Å². The molecule has 0 bridgehead atoms. The third-order valence-corrected chi connectivity index (χ3v) is 1.64. The second-order valence-electron chi connectivity index (χ2n) is 2.70. The van der Waals surface area contributed by atoms with Crippen LogP contribution in [0.15, 0.2) is 18.5 Å². The Kier molecular flexibility index (Phi) is 6.32. The predicted molar refractivity (Wildman–Crippen MR) is 59.3 cm³/mol. The Morgan fingerprint density at radius 1 is 1.53 bits per heavy atom. The minimum Gasteiger partial charge on any atom is -0.320 e. The van der Waals surface area contributed by atoms with E-state index in [0.717, 1.165) is 0 Å². The number of amides is 1. The van der Waals surface area contributed by atoms with Crippen molar-refractivity contribution in [2.75, 3.05) is 5.43 Å². The van der Waals surface area contributed by atoms with Crippen molar-refractivity contribution < 1.29 is 4.79 Å². The van der Waals surface area contributed by atoms with Crippen molar-refractivity contribution in [2.24, 2.45) is 5.73 Å². The van der Waals surface area contributed by atoms with Gasteiger partial charge in [-0.25, -0.2) is 9.97 Å². The smallest absolute Gasteiger partial charge is 0.255 e. The van der Waals surface area contributed by atoms with Crippen LogP contribution in [-0.4, -0.2) is 21.9 Å². The number of halogens is 1. The predicted octanol–water partition coefficient (Wildman–Crippen LogP) is 0.0788. The van der Waals surface area contributed by atoms with Gasteiger partial charge in [-0.05, 0) is 12.5 Å². The second-order valence-corrected chi connectivity index (χ2v) is 2.70. The van der Waals surface area contributed by atoms with E-state index in [2.05, 4.69) is 20.8 Å². The molecule has 0 fully saturated rings. The Balaban J connectivity index is 0.00000196. The number of hydrazine groups is 1. The molecule has 84 valence electrons. The molecule has 15 heavy (non-hydrogen) atoms. The van der Waals surface area contributed by atoms with E-state index in [-0.39, 0.29) is 18.3 Å². The summed E-state index contributed by atoms with van der Waals surface area (Å²) in [4.78, 5) is 18.9. The number of carbonyl (C=O) groups is 1. The molecular weight excluding hydrogens is 218 g/mol. The van der Waals surface area contributed by atoms with Crippen molar-refractivity contribution in [1.29, 1.82) is 0 Å². The van der Waals surface area contributed by atoms with E-state index in [4.69, 9.17) is 5.73 Å². The zero-order valence-electron chi connectivity index (χ0n) is 8.30. The molecule has 7 heteroatoms. The first-order valence-electron chi connectivity index (χ1n) is 4.32. The molecule has 1 aromatic heterocycles. The van der Waals surface area contributed by atoms with Gasteiger partial charge in [0.15, 0.2) is 0 Å². The first kappa shape index (κ1) is 13.6. The van der Waals surface area contributed by atoms with E-state index in [1.807, 2.05) is 6.92 Å². The zero-order valence-corrected chi connectivity index (χ0v) is 9.12. The van der Waals surface area contributed by atoms with Crippen LogP contribution in [0.1, 0.15) is 13.3 Å². The normalized spacial score (nSPS) is 11.1. The molecule has 0 aliphatic rings. The van der Waals surface area contributed by atoms with Crippen molar-refractivity contribution >= 4 is 24.3 Å². The number of rotatable bonds is 4. The molecular formula is C8H14ClN5O. The fourth-order valence-corrected chi connectivity index (χ4v) is 0.759. The second kappa shape index (κ2) is 6.97. The number of aromatic nitrogens is 2. The highest BCUT2D eigenvalue weighted by Gasteiger charge is 2.09. The van der Waals surface area contributed by atoms with Gasteiger partial charge < -0.3 is 5.73 Å². The molecule has 0 spiro atoms. The van der Waals surface area contributed by atoms with Crippen LogP contribution < -0.4 is 16.6 Å². The molecule has 0 saturated heterocycles. The van der Waals surface area contributed by atoms with Gasteiger partial charge in [-0.15, -0.1) is 12.4 Å². The van der Waals surface area contributed by atoms with Crippen LogP contribution >= 0.6 is 12.4 Å². The summed E-state index contributed by atoms with van der Waals surface area (Å²) < 4.78 is 0. The lowest BCUT2D eigenvalue weighted by molar-refractivity contribution is -0.121. The average Bonchev–Trinajstić information content (AvgIpc) is 2.26. The summed E-state index contributed by atoms with van der Waals surface area (Å²) in [5, 5.41) is 0. The molecule has 1 atom stereocenters. The number of nitrogens with one attached hydrogen (secondary N) is 2. The highest BCUT2D eigenvalue weighted by atomic mass is 35.5. The number of carbonyl (C=O) groups excluding carboxylic acids is 1. The van der Waals surface area contributed by atoms with E-state index >= 15 is 0 Å². The van der Waals surface area contributed by atoms with E-state index in [9.17, 15) is 4.79 Å². The maximum absolute atomic E-state index is 11.2. The Morgan fingerprint density at radius 3 is 2.67 bits per heavy atom. The Labute approximate surface area is 94.1 Å². The fourth-order valence-electron chi connectivity index (χ4n) is 0.759. The van der Waals surface area contributed by atoms with Gasteiger partial charge in [0.05, 0.1) is 6.04 Å². The van der Waals surface area contributed by atoms with Crippen molar-refractivity contribution in [3.8, 4) is 0 Å². The first-order valence-corrected chi connectivity index (χ1v) is 4.32. The van der Waals surface area contributed by atoms with Gasteiger partial charge in [-0.3, -0.25) is 15.6 Å². The van der Waals surface area contributed by atoms with Crippen LogP contribution in [0.4, 0.5) is 5.95 Å². The van der Waals surface area contributed by atoms with Crippen LogP contribution in [-0.2, 0) is 4.79 Å². The number of hydrogen-bond donors (Lipinski definition) is 3. The molecule has 1 heterocycles. The first-order chi connectivity index (χ1) is 6.74. The molecule has 0 radical (unpaired) electrons. The summed E-state index contributed by atoms with van der Waals surface area (Å²) in [6.45, 7) is 1.84. The molecule has 4 N–H and O–H groups in total. The van der Waals surface area contributed by atoms with Crippen molar-refractivity contribution in [3.63, 3.8) is 0 Å².